The Hall–Kier alpha value is -3.10. The number of rotatable bonds is 6. The number of aliphatic hydroxyl groups excluding tert-OH is 1. The molecular formula is C18H15N5O2S. The van der Waals surface area contributed by atoms with Gasteiger partial charge in [0.25, 0.3) is 0 Å². The highest BCUT2D eigenvalue weighted by molar-refractivity contribution is 7.13. The number of carbonyl (C=O) groups excluding carboxylic acids is 1. The van der Waals surface area contributed by atoms with Crippen LogP contribution in [0.5, 0.6) is 0 Å². The number of carbonyl (C=O) groups is 1. The van der Waals surface area contributed by atoms with Gasteiger partial charge in [-0.25, -0.2) is 14.5 Å². The van der Waals surface area contributed by atoms with Crippen LogP contribution in [0.3, 0.4) is 0 Å². The normalized spacial score (nSPS) is 11.0. The van der Waals surface area contributed by atoms with Gasteiger partial charge in [-0.2, -0.15) is 5.10 Å². The largest absolute Gasteiger partial charge is 0.395 e. The molecule has 8 heteroatoms. The van der Waals surface area contributed by atoms with Crippen molar-refractivity contribution in [2.75, 3.05) is 18.5 Å². The van der Waals surface area contributed by atoms with Gasteiger partial charge in [-0.15, -0.1) is 11.3 Å². The van der Waals surface area contributed by atoms with Crippen LogP contribution < -0.4 is 5.32 Å². The van der Waals surface area contributed by atoms with E-state index in [1.165, 1.54) is 0 Å². The number of anilines is 1. The number of pyridine rings is 1. The molecule has 0 amide bonds. The molecule has 0 spiro atoms. The fourth-order valence-electron chi connectivity index (χ4n) is 2.64. The van der Waals surface area contributed by atoms with Gasteiger partial charge in [0.05, 0.1) is 34.6 Å². The second kappa shape index (κ2) is 7.03. The van der Waals surface area contributed by atoms with Crippen LogP contribution in [0.15, 0.2) is 48.1 Å². The van der Waals surface area contributed by atoms with Crippen LogP contribution in [0.1, 0.15) is 10.4 Å². The molecule has 0 aliphatic rings. The molecule has 0 atom stereocenters. The summed E-state index contributed by atoms with van der Waals surface area (Å²) in [4.78, 5) is 21.6. The SMILES string of the molecule is O=Cc1cc(NCCO)nc(-c2cnn3ccc(-c4cccs4)nc23)c1. The average molecular weight is 365 g/mol. The fourth-order valence-corrected chi connectivity index (χ4v) is 3.34. The van der Waals surface area contributed by atoms with Crippen molar-refractivity contribution in [3.8, 4) is 21.8 Å². The van der Waals surface area contributed by atoms with Gasteiger partial charge in [0.15, 0.2) is 5.65 Å². The van der Waals surface area contributed by atoms with Crippen LogP contribution >= 0.6 is 11.3 Å². The number of nitrogens with zero attached hydrogens (tertiary/aromatic N) is 4. The Morgan fingerprint density at radius 2 is 2.15 bits per heavy atom. The molecule has 4 heterocycles. The number of nitrogens with one attached hydrogen (secondary N) is 1. The topological polar surface area (TPSA) is 92.4 Å². The quantitative estimate of drug-likeness (QED) is 0.511. The van der Waals surface area contributed by atoms with Gasteiger partial charge in [-0.3, -0.25) is 4.79 Å². The third kappa shape index (κ3) is 3.07. The molecule has 4 rings (SSSR count). The van der Waals surface area contributed by atoms with E-state index in [0.29, 0.717) is 29.3 Å². The second-order valence-corrected chi connectivity index (χ2v) is 6.50. The summed E-state index contributed by atoms with van der Waals surface area (Å²) in [6.07, 6.45) is 4.31. The van der Waals surface area contributed by atoms with E-state index in [9.17, 15) is 4.79 Å². The molecular weight excluding hydrogens is 350 g/mol. The molecule has 4 aromatic heterocycles. The smallest absolute Gasteiger partial charge is 0.165 e. The van der Waals surface area contributed by atoms with Crippen molar-refractivity contribution in [2.45, 2.75) is 0 Å². The van der Waals surface area contributed by atoms with E-state index in [1.54, 1.807) is 34.2 Å². The summed E-state index contributed by atoms with van der Waals surface area (Å²) in [5.41, 5.74) is 3.35. The van der Waals surface area contributed by atoms with E-state index in [4.69, 9.17) is 10.1 Å². The van der Waals surface area contributed by atoms with Crippen molar-refractivity contribution in [1.29, 1.82) is 0 Å². The summed E-state index contributed by atoms with van der Waals surface area (Å²) in [5, 5.41) is 18.3. The van der Waals surface area contributed by atoms with Gasteiger partial charge in [0.1, 0.15) is 12.1 Å². The fraction of sp³-hybridized carbons (Fsp3) is 0.111. The van der Waals surface area contributed by atoms with E-state index in [2.05, 4.69) is 15.4 Å². The zero-order chi connectivity index (χ0) is 17.9. The minimum absolute atomic E-state index is 0.0230. The Kier molecular flexibility index (Phi) is 4.42. The highest BCUT2D eigenvalue weighted by Gasteiger charge is 2.13. The minimum atomic E-state index is -0.0230. The van der Waals surface area contributed by atoms with E-state index in [-0.39, 0.29) is 6.61 Å². The highest BCUT2D eigenvalue weighted by atomic mass is 32.1. The second-order valence-electron chi connectivity index (χ2n) is 5.56. The van der Waals surface area contributed by atoms with Gasteiger partial charge >= 0.3 is 0 Å². The van der Waals surface area contributed by atoms with Crippen LogP contribution in [-0.4, -0.2) is 44.1 Å². The summed E-state index contributed by atoms with van der Waals surface area (Å²) in [5.74, 6) is 0.521. The predicted molar refractivity (Wildman–Crippen MR) is 100 cm³/mol. The highest BCUT2D eigenvalue weighted by Crippen LogP contribution is 2.27. The van der Waals surface area contributed by atoms with Crippen molar-refractivity contribution in [2.24, 2.45) is 0 Å². The third-order valence-corrected chi connectivity index (χ3v) is 4.71. The Balaban J connectivity index is 1.83. The Morgan fingerprint density at radius 3 is 2.92 bits per heavy atom. The van der Waals surface area contributed by atoms with E-state index in [1.807, 2.05) is 29.8 Å². The summed E-state index contributed by atoms with van der Waals surface area (Å²) < 4.78 is 1.68. The molecule has 0 saturated heterocycles. The summed E-state index contributed by atoms with van der Waals surface area (Å²) >= 11 is 1.62. The maximum Gasteiger partial charge on any atom is 0.165 e. The first-order chi connectivity index (χ1) is 12.8. The lowest BCUT2D eigenvalue weighted by Crippen LogP contribution is -2.07. The number of aldehydes is 1. The van der Waals surface area contributed by atoms with Crippen molar-refractivity contribution < 1.29 is 9.90 Å². The molecule has 0 aromatic carbocycles. The summed E-state index contributed by atoms with van der Waals surface area (Å²) in [6, 6.07) is 9.26. The number of fused-ring (bicyclic) bond motifs is 1. The molecule has 130 valence electrons. The van der Waals surface area contributed by atoms with Crippen LogP contribution in [-0.2, 0) is 0 Å². The molecule has 0 unspecified atom stereocenters. The number of aromatic nitrogens is 4. The standard InChI is InChI=1S/C18H15N5O2S/c24-6-4-19-17-9-12(11-25)8-15(21-17)13-10-20-23-5-3-14(22-18(13)23)16-2-1-7-26-16/h1-3,5,7-11,24H,4,6H2,(H,19,21). The predicted octanol–water partition coefficient (Wildman–Crippen LogP) is 2.74. The first kappa shape index (κ1) is 16.4. The van der Waals surface area contributed by atoms with Crippen molar-refractivity contribution in [3.05, 3.63) is 53.7 Å². The summed E-state index contributed by atoms with van der Waals surface area (Å²) in [6.45, 7) is 0.328. The maximum absolute atomic E-state index is 11.3. The van der Waals surface area contributed by atoms with E-state index >= 15 is 0 Å². The molecule has 0 radical (unpaired) electrons. The molecule has 7 nitrogen and oxygen atoms in total. The summed E-state index contributed by atoms with van der Waals surface area (Å²) in [7, 11) is 0. The maximum atomic E-state index is 11.3. The lowest BCUT2D eigenvalue weighted by Gasteiger charge is -2.07. The van der Waals surface area contributed by atoms with Crippen LogP contribution in [0.2, 0.25) is 0 Å². The number of aliphatic hydroxyl groups is 1. The number of hydrogen-bond acceptors (Lipinski definition) is 7. The molecule has 0 aliphatic heterocycles. The lowest BCUT2D eigenvalue weighted by atomic mass is 10.1. The van der Waals surface area contributed by atoms with Crippen LogP contribution in [0.4, 0.5) is 5.82 Å². The van der Waals surface area contributed by atoms with Crippen molar-refractivity contribution in [3.63, 3.8) is 0 Å². The van der Waals surface area contributed by atoms with Crippen molar-refractivity contribution >= 4 is 29.1 Å². The van der Waals surface area contributed by atoms with E-state index in [0.717, 1.165) is 22.4 Å². The first-order valence-corrected chi connectivity index (χ1v) is 8.87. The third-order valence-electron chi connectivity index (χ3n) is 3.82. The van der Waals surface area contributed by atoms with Crippen LogP contribution in [0, 0.1) is 0 Å². The molecule has 0 saturated carbocycles. The van der Waals surface area contributed by atoms with Crippen molar-refractivity contribution in [1.82, 2.24) is 19.6 Å². The van der Waals surface area contributed by atoms with Gasteiger partial charge in [-0.1, -0.05) is 6.07 Å². The number of hydrogen-bond donors (Lipinski definition) is 2. The van der Waals surface area contributed by atoms with Gasteiger partial charge in [-0.05, 0) is 29.6 Å². The number of thiophene rings is 1. The molecule has 26 heavy (non-hydrogen) atoms. The Morgan fingerprint density at radius 1 is 1.23 bits per heavy atom. The first-order valence-electron chi connectivity index (χ1n) is 7.99. The molecule has 2 N–H and O–H groups in total. The van der Waals surface area contributed by atoms with Gasteiger partial charge in [0.2, 0.25) is 0 Å². The minimum Gasteiger partial charge on any atom is -0.395 e. The zero-order valence-electron chi connectivity index (χ0n) is 13.7. The molecule has 4 aromatic rings. The zero-order valence-corrected chi connectivity index (χ0v) is 14.5. The lowest BCUT2D eigenvalue weighted by molar-refractivity contribution is 0.112. The molecule has 0 aliphatic carbocycles. The van der Waals surface area contributed by atoms with Crippen LogP contribution in [0.25, 0.3) is 27.5 Å². The molecule has 0 bridgehead atoms. The Bertz CT molecular complexity index is 1060. The van der Waals surface area contributed by atoms with Gasteiger partial charge in [0, 0.05) is 18.3 Å². The Labute approximate surface area is 153 Å². The monoisotopic (exact) mass is 365 g/mol. The molecule has 0 fully saturated rings. The van der Waals surface area contributed by atoms with E-state index < -0.39 is 0 Å². The van der Waals surface area contributed by atoms with Gasteiger partial charge < -0.3 is 10.4 Å². The average Bonchev–Trinajstić information content (AvgIpc) is 3.35.